The Balaban J connectivity index is 1.40. The Morgan fingerprint density at radius 2 is 1.88 bits per heavy atom. The van der Waals surface area contributed by atoms with Crippen molar-refractivity contribution in [1.29, 1.82) is 5.26 Å². The highest BCUT2D eigenvalue weighted by atomic mass is 16.5. The van der Waals surface area contributed by atoms with E-state index in [0.29, 0.717) is 30.2 Å². The van der Waals surface area contributed by atoms with Crippen LogP contribution in [0.25, 0.3) is 0 Å². The van der Waals surface area contributed by atoms with Crippen LogP contribution < -0.4 is 4.74 Å². The maximum absolute atomic E-state index is 13.0. The summed E-state index contributed by atoms with van der Waals surface area (Å²) in [7, 11) is 1.68. The molecule has 0 N–H and O–H groups in total. The Bertz CT molecular complexity index is 947. The van der Waals surface area contributed by atoms with Gasteiger partial charge in [-0.3, -0.25) is 4.79 Å². The van der Waals surface area contributed by atoms with Crippen LogP contribution in [0.5, 0.6) is 5.75 Å². The highest BCUT2D eigenvalue weighted by Crippen LogP contribution is 2.66. The molecule has 7 atom stereocenters. The molecule has 4 aliphatic rings. The highest BCUT2D eigenvalue weighted by molar-refractivity contribution is 5.89. The van der Waals surface area contributed by atoms with Gasteiger partial charge in [-0.05, 0) is 91.4 Å². The maximum Gasteiger partial charge on any atom is 0.246 e. The SMILES string of the molecule is COc1ccc(CN2C(=O)C=C[C@]3(C)[C@H]4CC[C@]5(C)[C@@H](CC#N)CC[C@H]5[C@@H]4CC[C@@H]23)cc1. The normalized spacial score (nSPS) is 40.2. The van der Waals surface area contributed by atoms with Crippen LogP contribution in [-0.2, 0) is 11.3 Å². The van der Waals surface area contributed by atoms with Crippen molar-refractivity contribution >= 4 is 5.91 Å². The van der Waals surface area contributed by atoms with Crippen molar-refractivity contribution in [2.75, 3.05) is 7.11 Å². The Labute approximate surface area is 192 Å². The molecule has 170 valence electrons. The van der Waals surface area contributed by atoms with E-state index in [1.807, 2.05) is 18.2 Å². The van der Waals surface area contributed by atoms with Crippen molar-refractivity contribution in [3.8, 4) is 11.8 Å². The van der Waals surface area contributed by atoms with Crippen molar-refractivity contribution in [2.45, 2.75) is 71.4 Å². The zero-order chi connectivity index (χ0) is 22.5. The van der Waals surface area contributed by atoms with Crippen molar-refractivity contribution in [2.24, 2.45) is 34.5 Å². The number of carbonyl (C=O) groups excluding carboxylic acids is 1. The molecule has 0 saturated heterocycles. The van der Waals surface area contributed by atoms with Gasteiger partial charge >= 0.3 is 0 Å². The predicted octanol–water partition coefficient (Wildman–Crippen LogP) is 5.73. The van der Waals surface area contributed by atoms with Crippen molar-refractivity contribution < 1.29 is 9.53 Å². The summed E-state index contributed by atoms with van der Waals surface area (Å²) >= 11 is 0. The standard InChI is InChI=1S/C28H36N2O2/c1-27-15-12-24-22(23(27)10-6-20(27)14-17-29)9-11-25-28(24,2)16-13-26(31)30(25)18-19-4-7-21(32-3)8-5-19/h4-5,7-8,13,16,20,22-25H,6,9-12,14-15,18H2,1-3H3/t20-,22+,23+,24+,25-,27-,28-/m1/s1. The van der Waals surface area contributed by atoms with Crippen LogP contribution in [0.1, 0.15) is 64.4 Å². The van der Waals surface area contributed by atoms with E-state index in [0.717, 1.165) is 29.6 Å². The molecule has 1 aromatic carbocycles. The van der Waals surface area contributed by atoms with E-state index in [1.165, 1.54) is 32.1 Å². The van der Waals surface area contributed by atoms with E-state index in [4.69, 9.17) is 4.74 Å². The Hall–Kier alpha value is -2.28. The van der Waals surface area contributed by atoms with Crippen LogP contribution in [0.15, 0.2) is 36.4 Å². The van der Waals surface area contributed by atoms with Crippen LogP contribution in [-0.4, -0.2) is 24.0 Å². The zero-order valence-electron chi connectivity index (χ0n) is 19.7. The molecular formula is C28H36N2O2. The lowest BCUT2D eigenvalue weighted by molar-refractivity contribution is -0.142. The zero-order valence-corrected chi connectivity index (χ0v) is 19.7. The van der Waals surface area contributed by atoms with Gasteiger partial charge in [-0.15, -0.1) is 0 Å². The van der Waals surface area contributed by atoms with E-state index in [-0.39, 0.29) is 17.4 Å². The predicted molar refractivity (Wildman–Crippen MR) is 125 cm³/mol. The third-order valence-electron chi connectivity index (χ3n) is 10.0. The quantitative estimate of drug-likeness (QED) is 0.610. The van der Waals surface area contributed by atoms with Gasteiger partial charge in [-0.1, -0.05) is 32.1 Å². The number of carbonyl (C=O) groups is 1. The molecule has 1 aliphatic heterocycles. The van der Waals surface area contributed by atoms with E-state index >= 15 is 0 Å². The van der Waals surface area contributed by atoms with Crippen LogP contribution in [0.3, 0.4) is 0 Å². The number of rotatable bonds is 4. The monoisotopic (exact) mass is 432 g/mol. The number of methoxy groups -OCH3 is 1. The van der Waals surface area contributed by atoms with Gasteiger partial charge in [0.1, 0.15) is 5.75 Å². The highest BCUT2D eigenvalue weighted by Gasteiger charge is 2.60. The van der Waals surface area contributed by atoms with Crippen LogP contribution in [0, 0.1) is 45.8 Å². The average Bonchev–Trinajstić information content (AvgIpc) is 3.13. The van der Waals surface area contributed by atoms with Gasteiger partial charge in [0.05, 0.1) is 13.2 Å². The largest absolute Gasteiger partial charge is 0.497 e. The Morgan fingerprint density at radius 3 is 2.59 bits per heavy atom. The molecule has 32 heavy (non-hydrogen) atoms. The maximum atomic E-state index is 13.0. The summed E-state index contributed by atoms with van der Waals surface area (Å²) in [4.78, 5) is 15.1. The van der Waals surface area contributed by atoms with Gasteiger partial charge in [0.15, 0.2) is 0 Å². The van der Waals surface area contributed by atoms with Crippen LogP contribution in [0.2, 0.25) is 0 Å². The first-order valence-corrected chi connectivity index (χ1v) is 12.4. The second kappa shape index (κ2) is 7.94. The molecule has 1 aromatic rings. The number of ether oxygens (including phenoxy) is 1. The van der Waals surface area contributed by atoms with E-state index in [2.05, 4.69) is 43.0 Å². The molecule has 4 heteroatoms. The summed E-state index contributed by atoms with van der Waals surface area (Å²) in [5, 5.41) is 9.36. The van der Waals surface area contributed by atoms with Gasteiger partial charge < -0.3 is 9.64 Å². The number of nitriles is 1. The number of hydrogen-bond donors (Lipinski definition) is 0. The van der Waals surface area contributed by atoms with Gasteiger partial charge in [-0.2, -0.15) is 5.26 Å². The summed E-state index contributed by atoms with van der Waals surface area (Å²) in [5.74, 6) is 3.65. The minimum absolute atomic E-state index is 0.0396. The average molecular weight is 433 g/mol. The molecular weight excluding hydrogens is 396 g/mol. The number of hydrogen-bond acceptors (Lipinski definition) is 3. The first-order chi connectivity index (χ1) is 15.4. The molecule has 1 amide bonds. The number of nitrogens with zero attached hydrogens (tertiary/aromatic N) is 2. The van der Waals surface area contributed by atoms with Gasteiger partial charge in [0.2, 0.25) is 5.91 Å². The Kier molecular flexibility index (Phi) is 5.35. The smallest absolute Gasteiger partial charge is 0.246 e. The first-order valence-electron chi connectivity index (χ1n) is 12.4. The fourth-order valence-electron chi connectivity index (χ4n) is 8.27. The molecule has 4 nitrogen and oxygen atoms in total. The molecule has 3 aliphatic carbocycles. The fourth-order valence-corrected chi connectivity index (χ4v) is 8.27. The number of fused-ring (bicyclic) bond motifs is 5. The van der Waals surface area contributed by atoms with Crippen molar-refractivity contribution in [3.63, 3.8) is 0 Å². The third-order valence-corrected chi connectivity index (χ3v) is 10.0. The first kappa shape index (κ1) is 21.6. The molecule has 3 saturated carbocycles. The molecule has 0 unspecified atom stereocenters. The summed E-state index contributed by atoms with van der Waals surface area (Å²) in [5.41, 5.74) is 1.53. The minimum Gasteiger partial charge on any atom is -0.497 e. The van der Waals surface area contributed by atoms with Gasteiger partial charge in [-0.25, -0.2) is 0 Å². The number of benzene rings is 1. The minimum atomic E-state index is 0.0396. The summed E-state index contributed by atoms with van der Waals surface area (Å²) < 4.78 is 5.30. The lowest BCUT2D eigenvalue weighted by Gasteiger charge is -2.60. The Morgan fingerprint density at radius 1 is 1.09 bits per heavy atom. The summed E-state index contributed by atoms with van der Waals surface area (Å²) in [6.45, 7) is 5.56. The van der Waals surface area contributed by atoms with Crippen LogP contribution in [0.4, 0.5) is 0 Å². The van der Waals surface area contributed by atoms with Crippen LogP contribution >= 0.6 is 0 Å². The summed E-state index contributed by atoms with van der Waals surface area (Å²) in [6, 6.07) is 10.9. The third kappa shape index (κ3) is 3.19. The van der Waals surface area contributed by atoms with E-state index in [1.54, 1.807) is 7.11 Å². The molecule has 0 aromatic heterocycles. The van der Waals surface area contributed by atoms with Crippen molar-refractivity contribution in [1.82, 2.24) is 4.90 Å². The van der Waals surface area contributed by atoms with Gasteiger partial charge in [0, 0.05) is 24.4 Å². The number of amides is 1. The molecule has 1 heterocycles. The molecule has 0 spiro atoms. The van der Waals surface area contributed by atoms with E-state index < -0.39 is 0 Å². The molecule has 0 radical (unpaired) electrons. The second-order valence-corrected chi connectivity index (χ2v) is 11.2. The molecule has 3 fully saturated rings. The molecule has 5 rings (SSSR count). The van der Waals surface area contributed by atoms with Gasteiger partial charge in [0.25, 0.3) is 0 Å². The van der Waals surface area contributed by atoms with Crippen molar-refractivity contribution in [3.05, 3.63) is 42.0 Å². The fraction of sp³-hybridized carbons (Fsp3) is 0.643. The topological polar surface area (TPSA) is 53.3 Å². The molecule has 0 bridgehead atoms. The lowest BCUT2D eigenvalue weighted by atomic mass is 9.47. The second-order valence-electron chi connectivity index (χ2n) is 11.2. The van der Waals surface area contributed by atoms with E-state index in [9.17, 15) is 10.1 Å². The lowest BCUT2D eigenvalue weighted by Crippen LogP contribution is -2.60. The summed E-state index contributed by atoms with van der Waals surface area (Å²) in [6.07, 6.45) is 12.1.